The highest BCUT2D eigenvalue weighted by Crippen LogP contribution is 2.05. The molecule has 0 atom stereocenters. The Morgan fingerprint density at radius 1 is 0.923 bits per heavy atom. The third-order valence-electron chi connectivity index (χ3n) is 1.40. The van der Waals surface area contributed by atoms with Gasteiger partial charge in [0, 0.05) is 0 Å². The molecule has 0 N–H and O–H groups in total. The van der Waals surface area contributed by atoms with Crippen LogP contribution in [0.15, 0.2) is 59.4 Å². The Morgan fingerprint density at radius 2 is 1.54 bits per heavy atom. The van der Waals surface area contributed by atoms with Crippen molar-refractivity contribution >= 4 is 0 Å². The second-order valence-corrected chi connectivity index (χ2v) is 2.31. The first-order valence-corrected chi connectivity index (χ1v) is 3.99. The number of hydrogen-bond acceptors (Lipinski definition) is 2. The van der Waals surface area contributed by atoms with Gasteiger partial charge in [-0.2, -0.15) is 0 Å². The van der Waals surface area contributed by atoms with E-state index in [1.165, 1.54) is 0 Å². The molecule has 0 aliphatic heterocycles. The Balaban J connectivity index is 0.000000145. The minimum absolute atomic E-state index is 0.910. The van der Waals surface area contributed by atoms with E-state index >= 15 is 0 Å². The molecule has 2 nitrogen and oxygen atoms in total. The molecule has 0 amide bonds. The highest BCUT2D eigenvalue weighted by molar-refractivity contribution is 5.20. The minimum atomic E-state index is 0.910. The summed E-state index contributed by atoms with van der Waals surface area (Å²) in [6.45, 7) is 0. The van der Waals surface area contributed by atoms with Gasteiger partial charge in [0.15, 0.2) is 0 Å². The molecule has 0 saturated heterocycles. The molecule has 0 radical (unpaired) electrons. The smallest absolute Gasteiger partial charge is 0.118 e. The third-order valence-corrected chi connectivity index (χ3v) is 1.40. The van der Waals surface area contributed by atoms with Crippen molar-refractivity contribution in [1.29, 1.82) is 0 Å². The van der Waals surface area contributed by atoms with Crippen molar-refractivity contribution in [2.75, 3.05) is 7.11 Å². The first-order valence-electron chi connectivity index (χ1n) is 3.99. The van der Waals surface area contributed by atoms with Crippen LogP contribution >= 0.6 is 0 Å². The minimum Gasteiger partial charge on any atom is -0.497 e. The van der Waals surface area contributed by atoms with E-state index in [0.29, 0.717) is 0 Å². The molecule has 1 heterocycles. The molecule has 0 bridgehead atoms. The van der Waals surface area contributed by atoms with E-state index in [2.05, 4.69) is 4.42 Å². The topological polar surface area (TPSA) is 22.4 Å². The Bertz CT molecular complexity index is 270. The zero-order valence-electron chi connectivity index (χ0n) is 7.51. The number of furan rings is 1. The van der Waals surface area contributed by atoms with E-state index in [1.807, 2.05) is 42.5 Å². The van der Waals surface area contributed by atoms with Gasteiger partial charge in [-0.25, -0.2) is 0 Å². The summed E-state index contributed by atoms with van der Waals surface area (Å²) in [5.74, 6) is 0.910. The van der Waals surface area contributed by atoms with E-state index in [0.717, 1.165) is 5.75 Å². The van der Waals surface area contributed by atoms with Crippen LogP contribution in [-0.4, -0.2) is 7.11 Å². The van der Waals surface area contributed by atoms with Crippen molar-refractivity contribution < 1.29 is 9.15 Å². The van der Waals surface area contributed by atoms with E-state index in [1.54, 1.807) is 19.6 Å². The van der Waals surface area contributed by atoms with Crippen LogP contribution in [0.2, 0.25) is 0 Å². The summed E-state index contributed by atoms with van der Waals surface area (Å²) >= 11 is 0. The fourth-order valence-electron chi connectivity index (χ4n) is 0.783. The van der Waals surface area contributed by atoms with Crippen LogP contribution in [0.5, 0.6) is 5.75 Å². The highest BCUT2D eigenvalue weighted by Gasteiger charge is 1.80. The van der Waals surface area contributed by atoms with E-state index in [9.17, 15) is 0 Å². The van der Waals surface area contributed by atoms with Crippen LogP contribution in [0.4, 0.5) is 0 Å². The molecule has 0 unspecified atom stereocenters. The van der Waals surface area contributed by atoms with Crippen molar-refractivity contribution in [3.05, 3.63) is 55.0 Å². The molecule has 13 heavy (non-hydrogen) atoms. The average Bonchev–Trinajstić information content (AvgIpc) is 2.77. The fraction of sp³-hybridized carbons (Fsp3) is 0.0909. The van der Waals surface area contributed by atoms with Crippen LogP contribution in [0.3, 0.4) is 0 Å². The second kappa shape index (κ2) is 5.89. The van der Waals surface area contributed by atoms with Crippen molar-refractivity contribution in [2.45, 2.75) is 0 Å². The Kier molecular flexibility index (Phi) is 4.25. The fourth-order valence-corrected chi connectivity index (χ4v) is 0.783. The number of methoxy groups -OCH3 is 1. The maximum Gasteiger partial charge on any atom is 0.118 e. The normalized spacial score (nSPS) is 8.38. The maximum absolute atomic E-state index is 4.91. The molecule has 1 aromatic carbocycles. The van der Waals surface area contributed by atoms with Crippen molar-refractivity contribution in [2.24, 2.45) is 0 Å². The molecule has 0 aliphatic rings. The first kappa shape index (κ1) is 9.39. The van der Waals surface area contributed by atoms with E-state index < -0.39 is 0 Å². The van der Waals surface area contributed by atoms with Gasteiger partial charge in [0.25, 0.3) is 0 Å². The van der Waals surface area contributed by atoms with Crippen LogP contribution in [-0.2, 0) is 0 Å². The standard InChI is InChI=1S/C7H8O.C4H4O/c1-8-7-5-3-2-4-6-7;1-2-4-5-3-1/h2-6H,1H3;1-4H. The molecule has 2 aromatic rings. The van der Waals surface area contributed by atoms with Gasteiger partial charge in [-0.05, 0) is 24.3 Å². The molecule has 0 saturated carbocycles. The molecule has 0 spiro atoms. The van der Waals surface area contributed by atoms with Gasteiger partial charge in [-0.15, -0.1) is 0 Å². The molecule has 2 heteroatoms. The Labute approximate surface area is 77.8 Å². The average molecular weight is 176 g/mol. The number of ether oxygens (including phenoxy) is 1. The van der Waals surface area contributed by atoms with Gasteiger partial charge in [-0.3, -0.25) is 0 Å². The van der Waals surface area contributed by atoms with E-state index in [-0.39, 0.29) is 0 Å². The number of hydrogen-bond donors (Lipinski definition) is 0. The zero-order valence-corrected chi connectivity index (χ0v) is 7.51. The summed E-state index contributed by atoms with van der Waals surface area (Å²) < 4.78 is 9.50. The number of benzene rings is 1. The van der Waals surface area contributed by atoms with Gasteiger partial charge in [0.2, 0.25) is 0 Å². The first-order chi connectivity index (χ1) is 6.43. The zero-order chi connectivity index (χ0) is 9.36. The lowest BCUT2D eigenvalue weighted by Gasteiger charge is -1.93. The number of rotatable bonds is 1. The maximum atomic E-state index is 4.91. The van der Waals surface area contributed by atoms with Crippen LogP contribution in [0.25, 0.3) is 0 Å². The largest absolute Gasteiger partial charge is 0.497 e. The van der Waals surface area contributed by atoms with Crippen molar-refractivity contribution in [3.8, 4) is 5.75 Å². The lowest BCUT2D eigenvalue weighted by Crippen LogP contribution is -1.78. The summed E-state index contributed by atoms with van der Waals surface area (Å²) in [6.07, 6.45) is 3.25. The van der Waals surface area contributed by atoms with Gasteiger partial charge in [0.1, 0.15) is 5.75 Å². The number of para-hydroxylation sites is 1. The predicted octanol–water partition coefficient (Wildman–Crippen LogP) is 2.97. The molecule has 0 aliphatic carbocycles. The lowest BCUT2D eigenvalue weighted by molar-refractivity contribution is 0.415. The summed E-state index contributed by atoms with van der Waals surface area (Å²) in [6, 6.07) is 13.3. The highest BCUT2D eigenvalue weighted by atomic mass is 16.5. The monoisotopic (exact) mass is 176 g/mol. The summed E-state index contributed by atoms with van der Waals surface area (Å²) in [7, 11) is 1.66. The van der Waals surface area contributed by atoms with Crippen LogP contribution < -0.4 is 4.74 Å². The summed E-state index contributed by atoms with van der Waals surface area (Å²) in [4.78, 5) is 0. The van der Waals surface area contributed by atoms with Gasteiger partial charge in [-0.1, -0.05) is 18.2 Å². The molecule has 2 rings (SSSR count). The van der Waals surface area contributed by atoms with E-state index in [4.69, 9.17) is 4.74 Å². The molecular formula is C11H12O2. The van der Waals surface area contributed by atoms with Crippen molar-refractivity contribution in [1.82, 2.24) is 0 Å². The Hall–Kier alpha value is -1.70. The summed E-state index contributed by atoms with van der Waals surface area (Å²) in [5, 5.41) is 0. The summed E-state index contributed by atoms with van der Waals surface area (Å²) in [5.41, 5.74) is 0. The lowest BCUT2D eigenvalue weighted by atomic mass is 10.3. The quantitative estimate of drug-likeness (QED) is 0.666. The predicted molar refractivity (Wildman–Crippen MR) is 51.7 cm³/mol. The third kappa shape index (κ3) is 4.01. The molecule has 68 valence electrons. The van der Waals surface area contributed by atoms with Crippen molar-refractivity contribution in [3.63, 3.8) is 0 Å². The second-order valence-electron chi connectivity index (χ2n) is 2.31. The Morgan fingerprint density at radius 3 is 1.85 bits per heavy atom. The van der Waals surface area contributed by atoms with Gasteiger partial charge < -0.3 is 9.15 Å². The van der Waals surface area contributed by atoms with Gasteiger partial charge >= 0.3 is 0 Å². The molecular weight excluding hydrogens is 164 g/mol. The van der Waals surface area contributed by atoms with Crippen LogP contribution in [0, 0.1) is 0 Å². The molecule has 0 fully saturated rings. The van der Waals surface area contributed by atoms with Crippen LogP contribution in [0.1, 0.15) is 0 Å². The SMILES string of the molecule is COc1ccccc1.c1ccoc1. The molecule has 1 aromatic heterocycles. The van der Waals surface area contributed by atoms with Gasteiger partial charge in [0.05, 0.1) is 19.6 Å².